The number of hydrogen-bond acceptors (Lipinski definition) is 4. The minimum atomic E-state index is -0.539. The summed E-state index contributed by atoms with van der Waals surface area (Å²) in [4.78, 5) is 43.6. The number of thiophene rings is 1. The predicted molar refractivity (Wildman–Crippen MR) is 140 cm³/mol. The van der Waals surface area contributed by atoms with Gasteiger partial charge in [-0.05, 0) is 60.4 Å². The van der Waals surface area contributed by atoms with Crippen LogP contribution in [0.3, 0.4) is 0 Å². The van der Waals surface area contributed by atoms with Gasteiger partial charge in [0.25, 0.3) is 5.91 Å². The molecule has 3 amide bonds. The summed E-state index contributed by atoms with van der Waals surface area (Å²) in [5.74, 6) is -0.137. The molecule has 1 aromatic carbocycles. The second-order valence-corrected chi connectivity index (χ2v) is 11.0. The van der Waals surface area contributed by atoms with Gasteiger partial charge in [0, 0.05) is 56.8 Å². The van der Waals surface area contributed by atoms with Gasteiger partial charge in [0.1, 0.15) is 6.04 Å². The van der Waals surface area contributed by atoms with Crippen LogP contribution in [0.1, 0.15) is 41.4 Å². The van der Waals surface area contributed by atoms with Crippen molar-refractivity contribution >= 4 is 29.1 Å². The van der Waals surface area contributed by atoms with Gasteiger partial charge < -0.3 is 19.7 Å². The molecule has 5 rings (SSSR count). The van der Waals surface area contributed by atoms with Crippen molar-refractivity contribution in [3.63, 3.8) is 0 Å². The van der Waals surface area contributed by atoms with E-state index < -0.39 is 6.04 Å². The molecule has 2 aliphatic rings. The first-order valence-corrected chi connectivity index (χ1v) is 13.4. The minimum Gasteiger partial charge on any atom is -0.344 e. The average molecular weight is 505 g/mol. The zero-order valence-corrected chi connectivity index (χ0v) is 21.4. The highest BCUT2D eigenvalue weighted by Crippen LogP contribution is 2.41. The molecule has 0 radical (unpaired) electrons. The third-order valence-electron chi connectivity index (χ3n) is 7.54. The van der Waals surface area contributed by atoms with E-state index in [4.69, 9.17) is 0 Å². The van der Waals surface area contributed by atoms with E-state index in [0.717, 1.165) is 29.8 Å². The van der Waals surface area contributed by atoms with E-state index in [1.807, 2.05) is 80.7 Å². The Morgan fingerprint density at radius 3 is 2.31 bits per heavy atom. The van der Waals surface area contributed by atoms with Crippen LogP contribution in [0.5, 0.6) is 0 Å². The number of nitrogens with one attached hydrogen (secondary N) is 1. The van der Waals surface area contributed by atoms with Crippen molar-refractivity contribution in [1.29, 1.82) is 0 Å². The van der Waals surface area contributed by atoms with Crippen molar-refractivity contribution in [3.05, 3.63) is 76.7 Å². The lowest BCUT2D eigenvalue weighted by Gasteiger charge is -2.39. The van der Waals surface area contributed by atoms with Crippen molar-refractivity contribution < 1.29 is 14.4 Å². The average Bonchev–Trinajstić information content (AvgIpc) is 3.66. The fraction of sp³-hybridized carbons (Fsp3) is 0.393. The predicted octanol–water partition coefficient (Wildman–Crippen LogP) is 3.74. The number of carbonyl (C=O) groups is 3. The molecule has 4 heterocycles. The summed E-state index contributed by atoms with van der Waals surface area (Å²) in [6.45, 7) is 4.22. The Kier molecular flexibility index (Phi) is 6.96. The Morgan fingerprint density at radius 2 is 1.64 bits per heavy atom. The van der Waals surface area contributed by atoms with E-state index in [1.165, 1.54) is 6.92 Å². The highest BCUT2D eigenvalue weighted by Gasteiger charge is 2.44. The fourth-order valence-corrected chi connectivity index (χ4v) is 6.31. The Bertz CT molecular complexity index is 1210. The molecule has 1 atom stereocenters. The quantitative estimate of drug-likeness (QED) is 0.556. The van der Waals surface area contributed by atoms with Gasteiger partial charge in [-0.25, -0.2) is 0 Å². The van der Waals surface area contributed by atoms with Crippen LogP contribution in [0.4, 0.5) is 0 Å². The summed E-state index contributed by atoms with van der Waals surface area (Å²) in [6.07, 6.45) is 7.12. The maximum atomic E-state index is 13.4. The molecule has 2 aromatic heterocycles. The first-order valence-electron chi connectivity index (χ1n) is 12.5. The molecule has 1 N–H and O–H groups in total. The molecule has 2 aliphatic heterocycles. The fourth-order valence-electron chi connectivity index (χ4n) is 5.56. The Morgan fingerprint density at radius 1 is 0.944 bits per heavy atom. The number of benzene rings is 1. The maximum absolute atomic E-state index is 13.4. The van der Waals surface area contributed by atoms with Gasteiger partial charge in [-0.15, -0.1) is 11.3 Å². The molecule has 0 saturated carbocycles. The minimum absolute atomic E-state index is 0.00497. The Hall–Kier alpha value is -3.39. The molecule has 2 fully saturated rings. The van der Waals surface area contributed by atoms with Crippen molar-refractivity contribution in [2.45, 2.75) is 38.6 Å². The number of hydrogen-bond donors (Lipinski definition) is 1. The lowest BCUT2D eigenvalue weighted by atomic mass is 9.77. The van der Waals surface area contributed by atoms with E-state index in [-0.39, 0.29) is 23.1 Å². The summed E-state index contributed by atoms with van der Waals surface area (Å²) in [6, 6.07) is 15.1. The zero-order chi connectivity index (χ0) is 25.1. The third-order valence-corrected chi connectivity index (χ3v) is 8.44. The molecule has 7 nitrogen and oxygen atoms in total. The summed E-state index contributed by atoms with van der Waals surface area (Å²) in [5.41, 5.74) is 1.63. The second kappa shape index (κ2) is 10.3. The molecular formula is C28H32N4O3S. The largest absolute Gasteiger partial charge is 0.344 e. The van der Waals surface area contributed by atoms with Crippen molar-refractivity contribution in [2.24, 2.45) is 5.41 Å². The lowest BCUT2D eigenvalue weighted by Crippen LogP contribution is -2.50. The number of amides is 3. The van der Waals surface area contributed by atoms with Gasteiger partial charge in [0.05, 0.1) is 11.3 Å². The van der Waals surface area contributed by atoms with E-state index in [0.29, 0.717) is 38.2 Å². The Labute approximate surface area is 215 Å². The van der Waals surface area contributed by atoms with Gasteiger partial charge in [-0.1, -0.05) is 18.2 Å². The molecule has 0 aliphatic carbocycles. The topological polar surface area (TPSA) is 74.7 Å². The van der Waals surface area contributed by atoms with Crippen LogP contribution in [0, 0.1) is 5.41 Å². The van der Waals surface area contributed by atoms with Crippen molar-refractivity contribution in [2.75, 3.05) is 26.2 Å². The first-order chi connectivity index (χ1) is 17.4. The standard InChI is InChI=1S/C28H32N4O3S/c1-21(33)29-24(19-22-7-6-18-36-22)27(35)32-17-12-28(20-32)10-15-31(16-11-28)26(34)23-8-2-3-9-25(23)30-13-4-5-14-30/h2-9,13-14,18,24H,10-12,15-17,19-20H2,1H3,(H,29,33). The van der Waals surface area contributed by atoms with E-state index >= 15 is 0 Å². The molecule has 0 bridgehead atoms. The van der Waals surface area contributed by atoms with Crippen LogP contribution in [0.15, 0.2) is 66.3 Å². The molecular weight excluding hydrogens is 472 g/mol. The van der Waals surface area contributed by atoms with Gasteiger partial charge in [-0.3, -0.25) is 14.4 Å². The van der Waals surface area contributed by atoms with E-state index in [2.05, 4.69) is 5.32 Å². The highest BCUT2D eigenvalue weighted by molar-refractivity contribution is 7.09. The number of rotatable bonds is 6. The van der Waals surface area contributed by atoms with Crippen LogP contribution < -0.4 is 5.32 Å². The highest BCUT2D eigenvalue weighted by atomic mass is 32.1. The second-order valence-electron chi connectivity index (χ2n) is 9.95. The molecule has 36 heavy (non-hydrogen) atoms. The smallest absolute Gasteiger partial charge is 0.255 e. The van der Waals surface area contributed by atoms with Gasteiger partial charge in [0.2, 0.25) is 11.8 Å². The number of piperidine rings is 1. The van der Waals surface area contributed by atoms with Gasteiger partial charge in [-0.2, -0.15) is 0 Å². The van der Waals surface area contributed by atoms with Crippen LogP contribution in [-0.4, -0.2) is 64.3 Å². The summed E-state index contributed by atoms with van der Waals surface area (Å²) < 4.78 is 1.97. The molecule has 8 heteroatoms. The van der Waals surface area contributed by atoms with E-state index in [1.54, 1.807) is 11.3 Å². The van der Waals surface area contributed by atoms with Crippen LogP contribution in [0.2, 0.25) is 0 Å². The van der Waals surface area contributed by atoms with Crippen LogP contribution in [-0.2, 0) is 16.0 Å². The number of nitrogens with zero attached hydrogens (tertiary/aromatic N) is 3. The van der Waals surface area contributed by atoms with Crippen LogP contribution >= 0.6 is 11.3 Å². The number of likely N-dealkylation sites (tertiary alicyclic amines) is 2. The normalized spacial score (nSPS) is 17.8. The van der Waals surface area contributed by atoms with E-state index in [9.17, 15) is 14.4 Å². The molecule has 1 unspecified atom stereocenters. The molecule has 3 aromatic rings. The maximum Gasteiger partial charge on any atom is 0.255 e. The van der Waals surface area contributed by atoms with Crippen molar-refractivity contribution in [1.82, 2.24) is 19.7 Å². The molecule has 188 valence electrons. The van der Waals surface area contributed by atoms with Crippen molar-refractivity contribution in [3.8, 4) is 5.69 Å². The Balaban J connectivity index is 1.22. The van der Waals surface area contributed by atoms with Gasteiger partial charge >= 0.3 is 0 Å². The molecule has 2 saturated heterocycles. The SMILES string of the molecule is CC(=O)NC(Cc1cccs1)C(=O)N1CCC2(CCN(C(=O)c3ccccc3-n3cccc3)CC2)C1. The monoisotopic (exact) mass is 504 g/mol. The summed E-state index contributed by atoms with van der Waals surface area (Å²) >= 11 is 1.60. The number of para-hydroxylation sites is 1. The summed E-state index contributed by atoms with van der Waals surface area (Å²) in [5, 5.41) is 4.85. The lowest BCUT2D eigenvalue weighted by molar-refractivity contribution is -0.135. The first kappa shape index (κ1) is 24.3. The van der Waals surface area contributed by atoms with Crippen LogP contribution in [0.25, 0.3) is 5.69 Å². The van der Waals surface area contributed by atoms with Gasteiger partial charge in [0.15, 0.2) is 0 Å². The zero-order valence-electron chi connectivity index (χ0n) is 20.6. The third kappa shape index (κ3) is 5.09. The summed E-state index contributed by atoms with van der Waals surface area (Å²) in [7, 11) is 0. The molecule has 1 spiro atoms. The number of aromatic nitrogens is 1. The number of carbonyl (C=O) groups excluding carboxylic acids is 3.